The number of hydrogen-bond acceptors (Lipinski definition) is 3. The van der Waals surface area contributed by atoms with E-state index in [0.717, 1.165) is 12.8 Å². The van der Waals surface area contributed by atoms with Gasteiger partial charge in [-0.05, 0) is 25.0 Å². The van der Waals surface area contributed by atoms with Gasteiger partial charge in [0.05, 0.1) is 13.0 Å². The van der Waals surface area contributed by atoms with E-state index in [0.29, 0.717) is 11.4 Å². The van der Waals surface area contributed by atoms with Crippen LogP contribution in [0.25, 0.3) is 0 Å². The van der Waals surface area contributed by atoms with E-state index in [2.05, 4.69) is 0 Å². The molecule has 1 fully saturated rings. The highest BCUT2D eigenvalue weighted by Crippen LogP contribution is 2.33. The zero-order valence-electron chi connectivity index (χ0n) is 11.7. The highest BCUT2D eigenvalue weighted by Gasteiger charge is 2.35. The van der Waals surface area contributed by atoms with Gasteiger partial charge in [-0.2, -0.15) is 0 Å². The molecule has 1 aromatic carbocycles. The van der Waals surface area contributed by atoms with Crippen molar-refractivity contribution in [3.8, 4) is 5.75 Å². The van der Waals surface area contributed by atoms with Crippen molar-refractivity contribution in [2.24, 2.45) is 11.8 Å². The molecule has 20 heavy (non-hydrogen) atoms. The number of nitrogens with zero attached hydrogens (tertiary/aromatic N) is 1. The molecule has 0 spiro atoms. The van der Waals surface area contributed by atoms with E-state index in [1.54, 1.807) is 43.2 Å². The van der Waals surface area contributed by atoms with Crippen LogP contribution in [-0.2, 0) is 9.59 Å². The first-order valence-corrected chi connectivity index (χ1v) is 6.71. The Morgan fingerprint density at radius 2 is 2.15 bits per heavy atom. The molecule has 1 saturated carbocycles. The zero-order chi connectivity index (χ0) is 14.7. The maximum atomic E-state index is 12.4. The Kier molecular flexibility index (Phi) is 4.27. The number of ether oxygens (including phenoxy) is 1. The molecule has 1 aromatic rings. The molecule has 1 amide bonds. The molecule has 1 unspecified atom stereocenters. The van der Waals surface area contributed by atoms with Crippen molar-refractivity contribution in [2.45, 2.75) is 19.8 Å². The molecule has 1 aliphatic rings. The van der Waals surface area contributed by atoms with Crippen molar-refractivity contribution in [1.29, 1.82) is 0 Å². The molecule has 0 aliphatic heterocycles. The second-order valence-corrected chi connectivity index (χ2v) is 5.16. The second kappa shape index (κ2) is 5.94. The Morgan fingerprint density at radius 1 is 1.45 bits per heavy atom. The predicted octanol–water partition coefficient (Wildman–Crippen LogP) is 2.16. The molecular weight excluding hydrogens is 258 g/mol. The molecular formula is C15H19NO4. The number of hydrogen-bond donors (Lipinski definition) is 1. The van der Waals surface area contributed by atoms with Gasteiger partial charge in [0.2, 0.25) is 5.91 Å². The lowest BCUT2D eigenvalue weighted by molar-refractivity contribution is -0.140. The molecule has 1 aliphatic carbocycles. The van der Waals surface area contributed by atoms with Crippen LogP contribution >= 0.6 is 0 Å². The quantitative estimate of drug-likeness (QED) is 0.865. The highest BCUT2D eigenvalue weighted by molar-refractivity contribution is 5.97. The lowest BCUT2D eigenvalue weighted by atomic mass is 10.1. The molecule has 0 saturated heterocycles. The van der Waals surface area contributed by atoms with Crippen LogP contribution in [0.15, 0.2) is 24.3 Å². The Labute approximate surface area is 118 Å². The largest absolute Gasteiger partial charge is 0.497 e. The van der Waals surface area contributed by atoms with Gasteiger partial charge in [0, 0.05) is 24.2 Å². The van der Waals surface area contributed by atoms with E-state index < -0.39 is 11.9 Å². The van der Waals surface area contributed by atoms with Gasteiger partial charge in [0.25, 0.3) is 0 Å². The van der Waals surface area contributed by atoms with Gasteiger partial charge in [-0.15, -0.1) is 0 Å². The summed E-state index contributed by atoms with van der Waals surface area (Å²) in [7, 11) is 1.56. The summed E-state index contributed by atoms with van der Waals surface area (Å²) < 4.78 is 5.16. The van der Waals surface area contributed by atoms with E-state index in [4.69, 9.17) is 9.84 Å². The molecule has 108 valence electrons. The number of methoxy groups -OCH3 is 1. The predicted molar refractivity (Wildman–Crippen MR) is 74.9 cm³/mol. The number of benzene rings is 1. The first-order chi connectivity index (χ1) is 9.52. The van der Waals surface area contributed by atoms with Crippen LogP contribution in [0.2, 0.25) is 0 Å². The Balaban J connectivity index is 2.24. The van der Waals surface area contributed by atoms with Crippen molar-refractivity contribution < 1.29 is 19.4 Å². The fourth-order valence-corrected chi connectivity index (χ4v) is 2.00. The first kappa shape index (κ1) is 14.4. The van der Waals surface area contributed by atoms with Gasteiger partial charge < -0.3 is 14.7 Å². The van der Waals surface area contributed by atoms with Crippen LogP contribution in [0.1, 0.15) is 19.8 Å². The maximum Gasteiger partial charge on any atom is 0.308 e. The van der Waals surface area contributed by atoms with E-state index in [1.807, 2.05) is 0 Å². The number of aliphatic carboxylic acids is 1. The fraction of sp³-hybridized carbons (Fsp3) is 0.467. The third-order valence-corrected chi connectivity index (χ3v) is 3.44. The standard InChI is InChI=1S/C15H19NO4/c1-10(15(18)19)9-16(14(17)11-6-7-11)12-4-3-5-13(8-12)20-2/h3-5,8,10-11H,6-7,9H2,1-2H3,(H,18,19). The maximum absolute atomic E-state index is 12.4. The van der Waals surface area contributed by atoms with Gasteiger partial charge >= 0.3 is 5.97 Å². The summed E-state index contributed by atoms with van der Waals surface area (Å²) in [5.41, 5.74) is 0.689. The zero-order valence-corrected chi connectivity index (χ0v) is 11.7. The van der Waals surface area contributed by atoms with E-state index >= 15 is 0 Å². The third-order valence-electron chi connectivity index (χ3n) is 3.44. The minimum Gasteiger partial charge on any atom is -0.497 e. The van der Waals surface area contributed by atoms with Crippen LogP contribution in [0, 0.1) is 11.8 Å². The lowest BCUT2D eigenvalue weighted by Crippen LogP contribution is -2.38. The molecule has 2 rings (SSSR count). The summed E-state index contributed by atoms with van der Waals surface area (Å²) in [4.78, 5) is 25.0. The van der Waals surface area contributed by atoms with Crippen LogP contribution in [0.4, 0.5) is 5.69 Å². The highest BCUT2D eigenvalue weighted by atomic mass is 16.5. The Hall–Kier alpha value is -2.04. The van der Waals surface area contributed by atoms with E-state index in [1.165, 1.54) is 0 Å². The average molecular weight is 277 g/mol. The molecule has 1 N–H and O–H groups in total. The summed E-state index contributed by atoms with van der Waals surface area (Å²) in [6, 6.07) is 7.16. The summed E-state index contributed by atoms with van der Waals surface area (Å²) in [5, 5.41) is 9.05. The average Bonchev–Trinajstić information content (AvgIpc) is 3.28. The summed E-state index contributed by atoms with van der Waals surface area (Å²) in [6.07, 6.45) is 1.78. The molecule has 0 radical (unpaired) electrons. The van der Waals surface area contributed by atoms with E-state index in [-0.39, 0.29) is 18.4 Å². The van der Waals surface area contributed by atoms with Crippen molar-refractivity contribution in [3.63, 3.8) is 0 Å². The Bertz CT molecular complexity index is 510. The third kappa shape index (κ3) is 3.29. The summed E-state index contributed by atoms with van der Waals surface area (Å²) in [6.45, 7) is 1.79. The molecule has 5 nitrogen and oxygen atoms in total. The summed E-state index contributed by atoms with van der Waals surface area (Å²) in [5.74, 6) is -0.807. The normalized spacial score (nSPS) is 15.5. The first-order valence-electron chi connectivity index (χ1n) is 6.71. The van der Waals surface area contributed by atoms with Gasteiger partial charge in [0.1, 0.15) is 5.75 Å². The van der Waals surface area contributed by atoms with Crippen molar-refractivity contribution in [2.75, 3.05) is 18.6 Å². The molecule has 5 heteroatoms. The number of carbonyl (C=O) groups is 2. The Morgan fingerprint density at radius 3 is 2.70 bits per heavy atom. The number of carbonyl (C=O) groups excluding carboxylic acids is 1. The van der Waals surface area contributed by atoms with Crippen LogP contribution in [0.3, 0.4) is 0 Å². The summed E-state index contributed by atoms with van der Waals surface area (Å²) >= 11 is 0. The topological polar surface area (TPSA) is 66.8 Å². The van der Waals surface area contributed by atoms with Gasteiger partial charge in [-0.3, -0.25) is 9.59 Å². The van der Waals surface area contributed by atoms with Crippen LogP contribution in [0.5, 0.6) is 5.75 Å². The fourth-order valence-electron chi connectivity index (χ4n) is 2.00. The minimum absolute atomic E-state index is 0.00588. The van der Waals surface area contributed by atoms with Crippen molar-refractivity contribution in [3.05, 3.63) is 24.3 Å². The van der Waals surface area contributed by atoms with Gasteiger partial charge in [-0.25, -0.2) is 0 Å². The second-order valence-electron chi connectivity index (χ2n) is 5.16. The molecule has 0 bridgehead atoms. The smallest absolute Gasteiger partial charge is 0.308 e. The SMILES string of the molecule is COc1cccc(N(CC(C)C(=O)O)C(=O)C2CC2)c1. The number of carboxylic acid groups (broad SMARTS) is 1. The van der Waals surface area contributed by atoms with E-state index in [9.17, 15) is 9.59 Å². The lowest BCUT2D eigenvalue weighted by Gasteiger charge is -2.25. The number of anilines is 1. The van der Waals surface area contributed by atoms with Gasteiger partial charge in [-0.1, -0.05) is 13.0 Å². The van der Waals surface area contributed by atoms with Gasteiger partial charge in [0.15, 0.2) is 0 Å². The van der Waals surface area contributed by atoms with Crippen molar-refractivity contribution in [1.82, 2.24) is 0 Å². The van der Waals surface area contributed by atoms with Crippen molar-refractivity contribution >= 4 is 17.6 Å². The van der Waals surface area contributed by atoms with Crippen LogP contribution in [-0.4, -0.2) is 30.6 Å². The van der Waals surface area contributed by atoms with Crippen LogP contribution < -0.4 is 9.64 Å². The molecule has 1 atom stereocenters. The molecule has 0 heterocycles. The number of carboxylic acids is 1. The number of amides is 1. The monoisotopic (exact) mass is 277 g/mol. The molecule has 0 aromatic heterocycles. The number of rotatable bonds is 6. The minimum atomic E-state index is -0.901.